The molecule has 1 aliphatic carbocycles. The molecule has 1 unspecified atom stereocenters. The Bertz CT molecular complexity index is 756. The average molecular weight is 397 g/mol. The molecule has 1 fully saturated rings. The fraction of sp³-hybridized carbons (Fsp3) is 0.632. The van der Waals surface area contributed by atoms with Crippen molar-refractivity contribution in [3.05, 3.63) is 18.2 Å². The molecule has 1 aromatic rings. The Morgan fingerprint density at radius 2 is 1.81 bits per heavy atom. The number of sulfonamides is 1. The summed E-state index contributed by atoms with van der Waals surface area (Å²) in [7, 11) is -3.54. The lowest BCUT2D eigenvalue weighted by atomic mass is 9.97. The SMILES string of the molecule is CC(=O)N1CC(C)Sc2cc(S(=O)(=O)NC3CCCCCCC3)ccc21. The van der Waals surface area contributed by atoms with Crippen LogP contribution in [-0.4, -0.2) is 32.2 Å². The van der Waals surface area contributed by atoms with Crippen molar-refractivity contribution in [3.8, 4) is 0 Å². The van der Waals surface area contributed by atoms with Gasteiger partial charge in [0.25, 0.3) is 0 Å². The van der Waals surface area contributed by atoms with E-state index in [1.165, 1.54) is 19.3 Å². The molecule has 26 heavy (non-hydrogen) atoms. The van der Waals surface area contributed by atoms with Crippen molar-refractivity contribution in [1.29, 1.82) is 0 Å². The minimum Gasteiger partial charge on any atom is -0.310 e. The first kappa shape index (κ1) is 19.7. The molecule has 2 aliphatic rings. The van der Waals surface area contributed by atoms with Crippen molar-refractivity contribution in [2.75, 3.05) is 11.4 Å². The summed E-state index contributed by atoms with van der Waals surface area (Å²) in [5.74, 6) is -0.0124. The molecule has 1 aliphatic heterocycles. The molecule has 0 spiro atoms. The first-order chi connectivity index (χ1) is 12.4. The predicted octanol–water partition coefficient (Wildman–Crippen LogP) is 3.92. The highest BCUT2D eigenvalue weighted by molar-refractivity contribution is 8.00. The van der Waals surface area contributed by atoms with Gasteiger partial charge in [0.05, 0.1) is 10.6 Å². The van der Waals surface area contributed by atoms with E-state index in [1.807, 2.05) is 0 Å². The van der Waals surface area contributed by atoms with E-state index in [0.717, 1.165) is 36.3 Å². The van der Waals surface area contributed by atoms with Gasteiger partial charge in [-0.25, -0.2) is 13.1 Å². The Balaban J connectivity index is 1.82. The van der Waals surface area contributed by atoms with Crippen molar-refractivity contribution in [3.63, 3.8) is 0 Å². The maximum Gasteiger partial charge on any atom is 0.240 e. The van der Waals surface area contributed by atoms with Crippen LogP contribution in [0.15, 0.2) is 28.0 Å². The number of carbonyl (C=O) groups excluding carboxylic acids is 1. The van der Waals surface area contributed by atoms with Crippen molar-refractivity contribution >= 4 is 33.4 Å². The van der Waals surface area contributed by atoms with Crippen molar-refractivity contribution < 1.29 is 13.2 Å². The number of benzene rings is 1. The van der Waals surface area contributed by atoms with Gasteiger partial charge in [0.1, 0.15) is 0 Å². The van der Waals surface area contributed by atoms with Crippen molar-refractivity contribution in [2.45, 2.75) is 79.9 Å². The summed E-state index contributed by atoms with van der Waals surface area (Å²) in [4.78, 5) is 14.8. The van der Waals surface area contributed by atoms with Gasteiger partial charge in [-0.2, -0.15) is 0 Å². The molecule has 0 aromatic heterocycles. The molecule has 7 heteroatoms. The lowest BCUT2D eigenvalue weighted by molar-refractivity contribution is -0.116. The maximum atomic E-state index is 12.9. The van der Waals surface area contributed by atoms with E-state index in [4.69, 9.17) is 0 Å². The standard InChI is InChI=1S/C19H28N2O3S2/c1-14-13-21(15(2)22)18-11-10-17(12-19(18)25-14)26(23,24)20-16-8-6-4-3-5-7-9-16/h10-12,14,16,20H,3-9,13H2,1-2H3. The van der Waals surface area contributed by atoms with Gasteiger partial charge in [-0.15, -0.1) is 11.8 Å². The van der Waals surface area contributed by atoms with E-state index in [0.29, 0.717) is 11.4 Å². The Hall–Kier alpha value is -1.05. The highest BCUT2D eigenvalue weighted by atomic mass is 32.2. The van der Waals surface area contributed by atoms with E-state index in [1.54, 1.807) is 41.8 Å². The van der Waals surface area contributed by atoms with Gasteiger partial charge in [0.15, 0.2) is 0 Å². The molecule has 1 N–H and O–H groups in total. The summed E-state index contributed by atoms with van der Waals surface area (Å²) < 4.78 is 28.7. The normalized spacial score (nSPS) is 22.4. The molecule has 1 amide bonds. The topological polar surface area (TPSA) is 66.5 Å². The highest BCUT2D eigenvalue weighted by Gasteiger charge is 2.28. The average Bonchev–Trinajstić information content (AvgIpc) is 2.55. The van der Waals surface area contributed by atoms with Gasteiger partial charge in [-0.1, -0.05) is 39.0 Å². The smallest absolute Gasteiger partial charge is 0.240 e. The number of hydrogen-bond donors (Lipinski definition) is 1. The van der Waals surface area contributed by atoms with Gasteiger partial charge >= 0.3 is 0 Å². The third-order valence-electron chi connectivity index (χ3n) is 5.11. The summed E-state index contributed by atoms with van der Waals surface area (Å²) in [6.45, 7) is 4.25. The van der Waals surface area contributed by atoms with Crippen LogP contribution in [0.1, 0.15) is 58.8 Å². The quantitative estimate of drug-likeness (QED) is 0.841. The van der Waals surface area contributed by atoms with Crippen LogP contribution in [-0.2, 0) is 14.8 Å². The lowest BCUT2D eigenvalue weighted by Crippen LogP contribution is -2.37. The number of anilines is 1. The highest BCUT2D eigenvalue weighted by Crippen LogP contribution is 2.39. The molecule has 0 saturated heterocycles. The third-order valence-corrected chi connectivity index (χ3v) is 7.76. The Morgan fingerprint density at radius 3 is 2.46 bits per heavy atom. The number of hydrogen-bond acceptors (Lipinski definition) is 4. The summed E-state index contributed by atoms with van der Waals surface area (Å²) >= 11 is 1.63. The van der Waals surface area contributed by atoms with Crippen LogP contribution in [0.5, 0.6) is 0 Å². The van der Waals surface area contributed by atoms with Gasteiger partial charge < -0.3 is 4.90 Å². The second kappa shape index (κ2) is 8.31. The molecule has 1 atom stereocenters. The molecule has 0 bridgehead atoms. The maximum absolute atomic E-state index is 12.9. The number of amides is 1. The molecule has 1 saturated carbocycles. The number of carbonyl (C=O) groups is 1. The zero-order valence-electron chi connectivity index (χ0n) is 15.5. The van der Waals surface area contributed by atoms with Crippen LogP contribution >= 0.6 is 11.8 Å². The molecule has 1 heterocycles. The Morgan fingerprint density at radius 1 is 1.15 bits per heavy atom. The molecule has 3 rings (SSSR count). The molecule has 0 radical (unpaired) electrons. The first-order valence-electron chi connectivity index (χ1n) is 9.48. The van der Waals surface area contributed by atoms with Gasteiger partial charge in [-0.05, 0) is 31.0 Å². The summed E-state index contributed by atoms with van der Waals surface area (Å²) in [5.41, 5.74) is 0.811. The Labute approximate surface area is 161 Å². The zero-order valence-corrected chi connectivity index (χ0v) is 17.2. The number of rotatable bonds is 3. The van der Waals surface area contributed by atoms with Crippen LogP contribution in [0.3, 0.4) is 0 Å². The van der Waals surface area contributed by atoms with Gasteiger partial charge in [0, 0.05) is 29.7 Å². The fourth-order valence-corrected chi connectivity index (χ4v) is 6.30. The van der Waals surface area contributed by atoms with Crippen LogP contribution in [0.25, 0.3) is 0 Å². The molecular formula is C19H28N2O3S2. The van der Waals surface area contributed by atoms with Crippen LogP contribution in [0.4, 0.5) is 5.69 Å². The van der Waals surface area contributed by atoms with E-state index in [9.17, 15) is 13.2 Å². The number of nitrogens with one attached hydrogen (secondary N) is 1. The van der Waals surface area contributed by atoms with Crippen molar-refractivity contribution in [1.82, 2.24) is 4.72 Å². The number of thioether (sulfide) groups is 1. The number of nitrogens with zero attached hydrogens (tertiary/aromatic N) is 1. The van der Waals surface area contributed by atoms with Gasteiger partial charge in [-0.3, -0.25) is 4.79 Å². The van der Waals surface area contributed by atoms with Crippen LogP contribution in [0, 0.1) is 0 Å². The van der Waals surface area contributed by atoms with E-state index in [2.05, 4.69) is 11.6 Å². The zero-order chi connectivity index (χ0) is 18.7. The molecule has 5 nitrogen and oxygen atoms in total. The molecule has 1 aromatic carbocycles. The van der Waals surface area contributed by atoms with E-state index >= 15 is 0 Å². The monoisotopic (exact) mass is 396 g/mol. The Kier molecular flexibility index (Phi) is 6.30. The van der Waals surface area contributed by atoms with Crippen molar-refractivity contribution in [2.24, 2.45) is 0 Å². The molecular weight excluding hydrogens is 368 g/mol. The van der Waals surface area contributed by atoms with E-state index < -0.39 is 10.0 Å². The molecule has 144 valence electrons. The third kappa shape index (κ3) is 4.61. The predicted molar refractivity (Wildman–Crippen MR) is 106 cm³/mol. The largest absolute Gasteiger partial charge is 0.310 e. The first-order valence-corrected chi connectivity index (χ1v) is 11.8. The second-order valence-corrected chi connectivity index (χ2v) is 10.5. The lowest BCUT2D eigenvalue weighted by Gasteiger charge is -2.32. The van der Waals surface area contributed by atoms with Gasteiger partial charge in [0.2, 0.25) is 15.9 Å². The van der Waals surface area contributed by atoms with Crippen LogP contribution < -0.4 is 9.62 Å². The minimum absolute atomic E-state index is 0.0124. The summed E-state index contributed by atoms with van der Waals surface area (Å²) in [5, 5.41) is 0.239. The summed E-state index contributed by atoms with van der Waals surface area (Å²) in [6.07, 6.45) is 7.62. The second-order valence-electron chi connectivity index (χ2n) is 7.35. The minimum atomic E-state index is -3.54. The van der Waals surface area contributed by atoms with Crippen LogP contribution in [0.2, 0.25) is 0 Å². The fourth-order valence-electron chi connectivity index (χ4n) is 3.75. The summed E-state index contributed by atoms with van der Waals surface area (Å²) in [6, 6.07) is 5.13. The van der Waals surface area contributed by atoms with E-state index in [-0.39, 0.29) is 17.2 Å². The number of fused-ring (bicyclic) bond motifs is 1.